The summed E-state index contributed by atoms with van der Waals surface area (Å²) in [5.41, 5.74) is 1.94. The first-order valence-electron chi connectivity index (χ1n) is 6.22. The largest absolute Gasteiger partial charge is 0.309 e. The van der Waals surface area contributed by atoms with Crippen LogP contribution in [-0.4, -0.2) is 15.0 Å². The van der Waals surface area contributed by atoms with Crippen LogP contribution in [0.2, 0.25) is 0 Å². The molecule has 0 unspecified atom stereocenters. The third kappa shape index (κ3) is 3.86. The van der Waals surface area contributed by atoms with Gasteiger partial charge in [0.05, 0.1) is 9.26 Å². The van der Waals surface area contributed by atoms with Gasteiger partial charge in [-0.15, -0.1) is 0 Å². The molecule has 0 aliphatic rings. The van der Waals surface area contributed by atoms with Gasteiger partial charge in [0.25, 0.3) is 5.56 Å². The maximum atomic E-state index is 11.9. The lowest BCUT2D eigenvalue weighted by molar-refractivity contribution is 0.626. The molecule has 2 heterocycles. The third-order valence-electron chi connectivity index (χ3n) is 2.70. The van der Waals surface area contributed by atoms with Gasteiger partial charge >= 0.3 is 0 Å². The summed E-state index contributed by atoms with van der Waals surface area (Å²) in [5.74, 6) is 1.20. The maximum absolute atomic E-state index is 11.9. The van der Waals surface area contributed by atoms with Crippen molar-refractivity contribution < 1.29 is 0 Å². The molecule has 0 spiro atoms. The second kappa shape index (κ2) is 6.27. The van der Waals surface area contributed by atoms with E-state index in [2.05, 4.69) is 51.4 Å². The van der Waals surface area contributed by atoms with Crippen LogP contribution in [0.15, 0.2) is 29.3 Å². The Bertz CT molecular complexity index is 608. The average molecular weight is 369 g/mol. The van der Waals surface area contributed by atoms with Crippen molar-refractivity contribution in [3.05, 3.63) is 55.5 Å². The van der Waals surface area contributed by atoms with Crippen LogP contribution >= 0.6 is 22.6 Å². The minimum atomic E-state index is -0.0460. The Labute approximate surface area is 125 Å². The molecule has 0 aliphatic carbocycles. The molecule has 5 heteroatoms. The Hall–Kier alpha value is -1.24. The van der Waals surface area contributed by atoms with Gasteiger partial charge in [0.1, 0.15) is 5.82 Å². The number of aromatic amines is 1. The highest BCUT2D eigenvalue weighted by molar-refractivity contribution is 14.1. The Balaban J connectivity index is 2.32. The van der Waals surface area contributed by atoms with E-state index < -0.39 is 0 Å². The number of rotatable bonds is 4. The summed E-state index contributed by atoms with van der Waals surface area (Å²) in [6, 6.07) is 3.86. The van der Waals surface area contributed by atoms with Gasteiger partial charge in [-0.05, 0) is 52.6 Å². The predicted octanol–water partition coefficient (Wildman–Crippen LogP) is 2.56. The first kappa shape index (κ1) is 14.2. The van der Waals surface area contributed by atoms with Gasteiger partial charge in [-0.25, -0.2) is 4.98 Å². The molecule has 2 aromatic heterocycles. The summed E-state index contributed by atoms with van der Waals surface area (Å²) >= 11 is 2.07. The second-order valence-corrected chi connectivity index (χ2v) is 5.98. The van der Waals surface area contributed by atoms with Crippen molar-refractivity contribution in [2.45, 2.75) is 26.7 Å². The van der Waals surface area contributed by atoms with E-state index in [1.165, 1.54) is 0 Å². The molecule has 0 amide bonds. The summed E-state index contributed by atoms with van der Waals surface area (Å²) in [6.07, 6.45) is 4.94. The predicted molar refractivity (Wildman–Crippen MR) is 83.2 cm³/mol. The Morgan fingerprint density at radius 3 is 2.63 bits per heavy atom. The van der Waals surface area contributed by atoms with E-state index in [4.69, 9.17) is 0 Å². The van der Waals surface area contributed by atoms with Crippen LogP contribution in [0.25, 0.3) is 0 Å². The molecule has 0 saturated carbocycles. The highest BCUT2D eigenvalue weighted by Gasteiger charge is 2.10. The van der Waals surface area contributed by atoms with Gasteiger partial charge in [0.2, 0.25) is 0 Å². The number of H-pyrrole nitrogens is 1. The fourth-order valence-electron chi connectivity index (χ4n) is 1.86. The number of pyridine rings is 1. The highest BCUT2D eigenvalue weighted by atomic mass is 127. The van der Waals surface area contributed by atoms with Crippen molar-refractivity contribution in [3.63, 3.8) is 0 Å². The highest BCUT2D eigenvalue weighted by Crippen LogP contribution is 2.12. The topological polar surface area (TPSA) is 58.6 Å². The average Bonchev–Trinajstić information content (AvgIpc) is 2.36. The number of hydrogen-bond acceptors (Lipinski definition) is 3. The molecule has 100 valence electrons. The van der Waals surface area contributed by atoms with E-state index in [0.29, 0.717) is 21.7 Å². The van der Waals surface area contributed by atoms with E-state index in [1.54, 1.807) is 12.4 Å². The third-order valence-corrected chi connectivity index (χ3v) is 3.82. The molecule has 0 atom stereocenters. The molecule has 0 aliphatic heterocycles. The van der Waals surface area contributed by atoms with Crippen molar-refractivity contribution >= 4 is 22.6 Å². The molecule has 0 aromatic carbocycles. The molecule has 19 heavy (non-hydrogen) atoms. The minimum absolute atomic E-state index is 0.0460. The second-order valence-electron chi connectivity index (χ2n) is 4.90. The van der Waals surface area contributed by atoms with Crippen molar-refractivity contribution in [3.8, 4) is 0 Å². The normalized spacial score (nSPS) is 10.9. The number of hydrogen-bond donors (Lipinski definition) is 1. The minimum Gasteiger partial charge on any atom is -0.309 e. The van der Waals surface area contributed by atoms with E-state index >= 15 is 0 Å². The lowest BCUT2D eigenvalue weighted by Gasteiger charge is -2.08. The fourth-order valence-corrected chi connectivity index (χ4v) is 2.33. The van der Waals surface area contributed by atoms with E-state index in [-0.39, 0.29) is 5.56 Å². The van der Waals surface area contributed by atoms with Crippen LogP contribution < -0.4 is 5.56 Å². The molecule has 2 rings (SSSR count). The Kier molecular flexibility index (Phi) is 4.68. The summed E-state index contributed by atoms with van der Waals surface area (Å²) in [5, 5.41) is 0. The molecule has 0 saturated heterocycles. The Morgan fingerprint density at radius 2 is 2.00 bits per heavy atom. The monoisotopic (exact) mass is 369 g/mol. The SMILES string of the molecule is CC(C)Cc1nc(Cc2ccncc2)[nH]c(=O)c1I. The molecular formula is C14H16IN3O. The molecule has 0 radical (unpaired) electrons. The van der Waals surface area contributed by atoms with Crippen LogP contribution in [0.1, 0.15) is 30.9 Å². The summed E-state index contributed by atoms with van der Waals surface area (Å²) < 4.78 is 0.699. The number of halogens is 1. The van der Waals surface area contributed by atoms with Crippen LogP contribution in [0, 0.1) is 9.49 Å². The van der Waals surface area contributed by atoms with E-state index in [1.807, 2.05) is 12.1 Å². The molecule has 1 N–H and O–H groups in total. The zero-order valence-electron chi connectivity index (χ0n) is 11.0. The van der Waals surface area contributed by atoms with Crippen LogP contribution in [-0.2, 0) is 12.8 Å². The van der Waals surface area contributed by atoms with Gasteiger partial charge in [-0.3, -0.25) is 9.78 Å². The van der Waals surface area contributed by atoms with Crippen LogP contribution in [0.3, 0.4) is 0 Å². The zero-order valence-corrected chi connectivity index (χ0v) is 13.1. The van der Waals surface area contributed by atoms with E-state index in [9.17, 15) is 4.79 Å². The molecule has 0 bridgehead atoms. The standard InChI is InChI=1S/C14H16IN3O/c1-9(2)7-11-13(15)14(19)18-12(17-11)8-10-3-5-16-6-4-10/h3-6,9H,7-8H2,1-2H3,(H,17,18,19). The van der Waals surface area contributed by atoms with Gasteiger partial charge in [-0.1, -0.05) is 13.8 Å². The quantitative estimate of drug-likeness (QED) is 0.843. The Morgan fingerprint density at radius 1 is 1.32 bits per heavy atom. The van der Waals surface area contributed by atoms with Crippen molar-refractivity contribution in [1.82, 2.24) is 15.0 Å². The van der Waals surface area contributed by atoms with Crippen LogP contribution in [0.4, 0.5) is 0 Å². The lowest BCUT2D eigenvalue weighted by atomic mass is 10.1. The maximum Gasteiger partial charge on any atom is 0.264 e. The molecular weight excluding hydrogens is 353 g/mol. The van der Waals surface area contributed by atoms with Gasteiger partial charge in [0, 0.05) is 18.8 Å². The van der Waals surface area contributed by atoms with E-state index in [0.717, 1.165) is 17.7 Å². The summed E-state index contributed by atoms with van der Waals surface area (Å²) in [6.45, 7) is 4.25. The van der Waals surface area contributed by atoms with Crippen LogP contribution in [0.5, 0.6) is 0 Å². The molecule has 0 fully saturated rings. The van der Waals surface area contributed by atoms with Crippen molar-refractivity contribution in [2.24, 2.45) is 5.92 Å². The molecule has 4 nitrogen and oxygen atoms in total. The van der Waals surface area contributed by atoms with Crippen molar-refractivity contribution in [2.75, 3.05) is 0 Å². The number of nitrogens with zero attached hydrogens (tertiary/aromatic N) is 2. The number of nitrogens with one attached hydrogen (secondary N) is 1. The first-order valence-corrected chi connectivity index (χ1v) is 7.30. The lowest BCUT2D eigenvalue weighted by Crippen LogP contribution is -2.19. The van der Waals surface area contributed by atoms with Gasteiger partial charge in [0.15, 0.2) is 0 Å². The van der Waals surface area contributed by atoms with Gasteiger partial charge in [-0.2, -0.15) is 0 Å². The fraction of sp³-hybridized carbons (Fsp3) is 0.357. The van der Waals surface area contributed by atoms with Crippen molar-refractivity contribution in [1.29, 1.82) is 0 Å². The smallest absolute Gasteiger partial charge is 0.264 e. The first-order chi connectivity index (χ1) is 9.06. The molecule has 2 aromatic rings. The summed E-state index contributed by atoms with van der Waals surface area (Å²) in [4.78, 5) is 23.3. The van der Waals surface area contributed by atoms with Gasteiger partial charge < -0.3 is 4.98 Å². The zero-order chi connectivity index (χ0) is 13.8. The summed E-state index contributed by atoms with van der Waals surface area (Å²) in [7, 11) is 0. The number of aromatic nitrogens is 3.